The molecule has 0 aliphatic carbocycles. The molecule has 1 heterocycles. The summed E-state index contributed by atoms with van der Waals surface area (Å²) in [6.07, 6.45) is 1.04. The van der Waals surface area contributed by atoms with E-state index in [1.54, 1.807) is 13.0 Å². The van der Waals surface area contributed by atoms with Crippen LogP contribution < -0.4 is 0 Å². The first-order valence-corrected chi connectivity index (χ1v) is 8.13. The summed E-state index contributed by atoms with van der Waals surface area (Å²) in [5.41, 5.74) is 0.647. The standard InChI is InChI=1S/C13H12ClNO5S/c1-8-5-9(20-15-8)7-19-13(16)11-6-10(21(2,17)18)3-4-12(11)14/h3-6H,7H2,1-2H3. The van der Waals surface area contributed by atoms with Gasteiger partial charge < -0.3 is 9.26 Å². The Kier molecular flexibility index (Phi) is 4.34. The van der Waals surface area contributed by atoms with Crippen LogP contribution in [0.25, 0.3) is 0 Å². The number of carbonyl (C=O) groups is 1. The van der Waals surface area contributed by atoms with Gasteiger partial charge >= 0.3 is 5.97 Å². The zero-order chi connectivity index (χ0) is 15.6. The lowest BCUT2D eigenvalue weighted by Crippen LogP contribution is -2.07. The van der Waals surface area contributed by atoms with Crippen molar-refractivity contribution in [3.05, 3.63) is 46.3 Å². The number of rotatable bonds is 4. The van der Waals surface area contributed by atoms with Crippen molar-refractivity contribution >= 4 is 27.4 Å². The third-order valence-electron chi connectivity index (χ3n) is 2.61. The van der Waals surface area contributed by atoms with Gasteiger partial charge in [-0.05, 0) is 25.1 Å². The Labute approximate surface area is 126 Å². The topological polar surface area (TPSA) is 86.5 Å². The van der Waals surface area contributed by atoms with Gasteiger partial charge in [0.25, 0.3) is 0 Å². The maximum Gasteiger partial charge on any atom is 0.340 e. The predicted molar refractivity (Wildman–Crippen MR) is 74.9 cm³/mol. The molecule has 0 N–H and O–H groups in total. The highest BCUT2D eigenvalue weighted by atomic mass is 35.5. The van der Waals surface area contributed by atoms with Gasteiger partial charge in [0, 0.05) is 12.3 Å². The van der Waals surface area contributed by atoms with Crippen LogP contribution in [0.5, 0.6) is 0 Å². The van der Waals surface area contributed by atoms with Crippen LogP contribution in [0.3, 0.4) is 0 Å². The highest BCUT2D eigenvalue weighted by Crippen LogP contribution is 2.21. The highest BCUT2D eigenvalue weighted by molar-refractivity contribution is 7.90. The van der Waals surface area contributed by atoms with Crippen LogP contribution in [0, 0.1) is 6.92 Å². The lowest BCUT2D eigenvalue weighted by Gasteiger charge is -2.06. The fourth-order valence-electron chi connectivity index (χ4n) is 1.59. The van der Waals surface area contributed by atoms with Crippen LogP contribution in [0.1, 0.15) is 21.8 Å². The van der Waals surface area contributed by atoms with Crippen molar-refractivity contribution in [3.8, 4) is 0 Å². The normalized spacial score (nSPS) is 11.4. The first kappa shape index (κ1) is 15.5. The molecule has 0 amide bonds. The first-order chi connectivity index (χ1) is 9.77. The van der Waals surface area contributed by atoms with E-state index in [2.05, 4.69) is 5.16 Å². The van der Waals surface area contributed by atoms with Gasteiger partial charge in [-0.25, -0.2) is 13.2 Å². The smallest absolute Gasteiger partial charge is 0.340 e. The third kappa shape index (κ3) is 3.83. The fourth-order valence-corrected chi connectivity index (χ4v) is 2.43. The van der Waals surface area contributed by atoms with Gasteiger partial charge in [0.2, 0.25) is 0 Å². The second kappa shape index (κ2) is 5.87. The van der Waals surface area contributed by atoms with Crippen LogP contribution in [0.2, 0.25) is 5.02 Å². The lowest BCUT2D eigenvalue weighted by molar-refractivity contribution is 0.0437. The molecule has 0 unspecified atom stereocenters. The zero-order valence-electron chi connectivity index (χ0n) is 11.3. The van der Waals surface area contributed by atoms with E-state index in [1.165, 1.54) is 18.2 Å². The molecule has 6 nitrogen and oxygen atoms in total. The molecule has 1 aromatic heterocycles. The minimum atomic E-state index is -3.43. The summed E-state index contributed by atoms with van der Waals surface area (Å²) in [4.78, 5) is 12.0. The highest BCUT2D eigenvalue weighted by Gasteiger charge is 2.17. The summed E-state index contributed by atoms with van der Waals surface area (Å²) in [6, 6.07) is 5.48. The second-order valence-electron chi connectivity index (χ2n) is 4.42. The van der Waals surface area contributed by atoms with Gasteiger partial charge in [0.05, 0.1) is 21.2 Å². The van der Waals surface area contributed by atoms with Crippen LogP contribution in [-0.2, 0) is 21.2 Å². The SMILES string of the molecule is Cc1cc(COC(=O)c2cc(S(C)(=O)=O)ccc2Cl)on1. The van der Waals surface area contributed by atoms with Gasteiger partial charge in [-0.15, -0.1) is 0 Å². The zero-order valence-corrected chi connectivity index (χ0v) is 12.9. The van der Waals surface area contributed by atoms with Crippen LogP contribution in [0.4, 0.5) is 0 Å². The quantitative estimate of drug-likeness (QED) is 0.800. The number of carbonyl (C=O) groups excluding carboxylic acids is 1. The number of hydrogen-bond acceptors (Lipinski definition) is 6. The van der Waals surface area contributed by atoms with Gasteiger partial charge in [-0.2, -0.15) is 0 Å². The number of benzene rings is 1. The summed E-state index contributed by atoms with van der Waals surface area (Å²) in [7, 11) is -3.43. The molecule has 0 aliphatic rings. The Morgan fingerprint density at radius 1 is 1.38 bits per heavy atom. The van der Waals surface area contributed by atoms with Crippen molar-refractivity contribution in [1.29, 1.82) is 0 Å². The maximum atomic E-state index is 12.0. The number of ether oxygens (including phenoxy) is 1. The molecule has 2 aromatic rings. The van der Waals surface area contributed by atoms with Crippen molar-refractivity contribution in [2.75, 3.05) is 6.26 Å². The number of hydrogen-bond donors (Lipinski definition) is 0. The predicted octanol–water partition coefficient (Wildman–Crippen LogP) is 2.40. The Hall–Kier alpha value is -1.86. The van der Waals surface area contributed by atoms with E-state index in [9.17, 15) is 13.2 Å². The third-order valence-corrected chi connectivity index (χ3v) is 4.05. The molecule has 0 fully saturated rings. The van der Waals surface area contributed by atoms with Crippen LogP contribution >= 0.6 is 11.6 Å². The van der Waals surface area contributed by atoms with Crippen molar-refractivity contribution in [2.45, 2.75) is 18.4 Å². The number of aryl methyl sites for hydroxylation is 1. The fraction of sp³-hybridized carbons (Fsp3) is 0.231. The van der Waals surface area contributed by atoms with E-state index in [0.717, 1.165) is 6.26 Å². The van der Waals surface area contributed by atoms with Gasteiger partial charge in [-0.1, -0.05) is 16.8 Å². The summed E-state index contributed by atoms with van der Waals surface area (Å²) in [5.74, 6) is -0.351. The molecule has 0 radical (unpaired) electrons. The lowest BCUT2D eigenvalue weighted by atomic mass is 10.2. The van der Waals surface area contributed by atoms with Crippen molar-refractivity contribution in [3.63, 3.8) is 0 Å². The van der Waals surface area contributed by atoms with Crippen molar-refractivity contribution in [2.24, 2.45) is 0 Å². The van der Waals surface area contributed by atoms with Crippen molar-refractivity contribution in [1.82, 2.24) is 5.16 Å². The average molecular weight is 330 g/mol. The summed E-state index contributed by atoms with van der Waals surface area (Å²) < 4.78 is 32.9. The number of aromatic nitrogens is 1. The Morgan fingerprint density at radius 2 is 2.10 bits per heavy atom. The molecular formula is C13H12ClNO5S. The summed E-state index contributed by atoms with van der Waals surface area (Å²) in [6.45, 7) is 1.63. The van der Waals surface area contributed by atoms with Crippen LogP contribution in [0.15, 0.2) is 33.7 Å². The summed E-state index contributed by atoms with van der Waals surface area (Å²) >= 11 is 5.90. The Balaban J connectivity index is 2.18. The molecule has 0 saturated carbocycles. The van der Waals surface area contributed by atoms with E-state index in [1.807, 2.05) is 0 Å². The molecule has 0 spiro atoms. The second-order valence-corrected chi connectivity index (χ2v) is 6.85. The molecule has 0 bridgehead atoms. The van der Waals surface area contributed by atoms with Gasteiger partial charge in [0.15, 0.2) is 22.2 Å². The molecule has 1 aromatic carbocycles. The number of halogens is 1. The number of nitrogens with zero attached hydrogens (tertiary/aromatic N) is 1. The molecule has 2 rings (SSSR count). The Morgan fingerprint density at radius 3 is 2.67 bits per heavy atom. The van der Waals surface area contributed by atoms with Gasteiger partial charge in [-0.3, -0.25) is 0 Å². The van der Waals surface area contributed by atoms with E-state index in [-0.39, 0.29) is 22.1 Å². The monoisotopic (exact) mass is 329 g/mol. The van der Waals surface area contributed by atoms with Crippen molar-refractivity contribution < 1.29 is 22.5 Å². The first-order valence-electron chi connectivity index (χ1n) is 5.86. The Bertz CT molecular complexity index is 782. The molecule has 0 saturated heterocycles. The molecular weight excluding hydrogens is 318 g/mol. The summed E-state index contributed by atoms with van der Waals surface area (Å²) in [5, 5.41) is 3.77. The minimum absolute atomic E-state index is 0.00522. The minimum Gasteiger partial charge on any atom is -0.454 e. The average Bonchev–Trinajstić information content (AvgIpc) is 2.81. The maximum absolute atomic E-state index is 12.0. The molecule has 21 heavy (non-hydrogen) atoms. The van der Waals surface area contributed by atoms with Gasteiger partial charge in [0.1, 0.15) is 0 Å². The van der Waals surface area contributed by atoms with E-state index < -0.39 is 15.8 Å². The number of esters is 1. The van der Waals surface area contributed by atoms with E-state index in [4.69, 9.17) is 20.9 Å². The van der Waals surface area contributed by atoms with E-state index >= 15 is 0 Å². The largest absolute Gasteiger partial charge is 0.454 e. The molecule has 0 aliphatic heterocycles. The molecule has 112 valence electrons. The number of sulfone groups is 1. The van der Waals surface area contributed by atoms with E-state index in [0.29, 0.717) is 11.5 Å². The van der Waals surface area contributed by atoms with Crippen LogP contribution in [-0.4, -0.2) is 25.8 Å². The molecule has 8 heteroatoms. The molecule has 0 atom stereocenters.